The number of benzene rings is 2. The predicted molar refractivity (Wildman–Crippen MR) is 99.1 cm³/mol. The predicted octanol–water partition coefficient (Wildman–Crippen LogP) is 4.97. The first-order valence-electron chi connectivity index (χ1n) is 8.37. The third-order valence-corrected chi connectivity index (χ3v) is 5.09. The first-order chi connectivity index (χ1) is 12.7. The molecule has 0 unspecified atom stereocenters. The Hall–Kier alpha value is -1.76. The molecule has 0 N–H and O–H groups in total. The number of nitrogens with zero attached hydrogens (tertiary/aromatic N) is 2. The molecule has 27 heavy (non-hydrogen) atoms. The first-order valence-corrected chi connectivity index (χ1v) is 9.12. The first kappa shape index (κ1) is 20.0. The molecule has 1 heterocycles. The lowest BCUT2D eigenvalue weighted by Crippen LogP contribution is -2.48. The highest BCUT2D eigenvalue weighted by atomic mass is 35.5. The van der Waals surface area contributed by atoms with Crippen molar-refractivity contribution in [3.05, 3.63) is 69.2 Å². The lowest BCUT2D eigenvalue weighted by atomic mass is 10.1. The van der Waals surface area contributed by atoms with Crippen LogP contribution in [-0.4, -0.2) is 41.9 Å². The van der Waals surface area contributed by atoms with Crippen LogP contribution in [0, 0.1) is 0 Å². The number of piperazine rings is 1. The number of rotatable bonds is 3. The molecule has 2 aromatic rings. The number of hydrogen-bond donors (Lipinski definition) is 0. The van der Waals surface area contributed by atoms with E-state index in [9.17, 15) is 18.0 Å². The zero-order chi connectivity index (χ0) is 19.6. The lowest BCUT2D eigenvalue weighted by molar-refractivity contribution is -0.137. The van der Waals surface area contributed by atoms with Crippen LogP contribution in [0.1, 0.15) is 21.5 Å². The van der Waals surface area contributed by atoms with E-state index in [1.165, 1.54) is 12.1 Å². The summed E-state index contributed by atoms with van der Waals surface area (Å²) in [5, 5.41) is 1.16. The Balaban J connectivity index is 1.61. The maximum absolute atomic E-state index is 12.8. The molecule has 0 atom stereocenters. The summed E-state index contributed by atoms with van der Waals surface area (Å²) >= 11 is 12.1. The van der Waals surface area contributed by atoms with Crippen LogP contribution < -0.4 is 0 Å². The Morgan fingerprint density at radius 3 is 2.33 bits per heavy atom. The van der Waals surface area contributed by atoms with E-state index < -0.39 is 11.7 Å². The van der Waals surface area contributed by atoms with Crippen LogP contribution in [0.15, 0.2) is 42.5 Å². The summed E-state index contributed by atoms with van der Waals surface area (Å²) in [4.78, 5) is 16.3. The van der Waals surface area contributed by atoms with Crippen molar-refractivity contribution >= 4 is 29.1 Å². The summed E-state index contributed by atoms with van der Waals surface area (Å²) < 4.78 is 38.5. The van der Waals surface area contributed by atoms with Crippen LogP contribution in [0.3, 0.4) is 0 Å². The molecule has 0 aliphatic carbocycles. The van der Waals surface area contributed by atoms with Crippen LogP contribution in [0.2, 0.25) is 10.0 Å². The van der Waals surface area contributed by atoms with Gasteiger partial charge in [0, 0.05) is 48.3 Å². The Bertz CT molecular complexity index is 834. The molecule has 0 spiro atoms. The molecule has 0 aromatic heterocycles. The van der Waals surface area contributed by atoms with E-state index in [0.29, 0.717) is 42.8 Å². The van der Waals surface area contributed by atoms with Crippen LogP contribution in [0.25, 0.3) is 0 Å². The van der Waals surface area contributed by atoms with Crippen molar-refractivity contribution in [1.29, 1.82) is 0 Å². The summed E-state index contributed by atoms with van der Waals surface area (Å²) in [7, 11) is 0. The van der Waals surface area contributed by atoms with Gasteiger partial charge in [-0.2, -0.15) is 13.2 Å². The summed E-state index contributed by atoms with van der Waals surface area (Å²) in [6.45, 7) is 2.75. The summed E-state index contributed by atoms with van der Waals surface area (Å²) in [5.41, 5.74) is 0.183. The minimum Gasteiger partial charge on any atom is -0.336 e. The highest BCUT2D eigenvalue weighted by molar-refractivity contribution is 6.35. The van der Waals surface area contributed by atoms with Crippen molar-refractivity contribution in [3.8, 4) is 0 Å². The molecule has 1 amide bonds. The van der Waals surface area contributed by atoms with Crippen molar-refractivity contribution in [3.63, 3.8) is 0 Å². The van der Waals surface area contributed by atoms with Gasteiger partial charge in [0.1, 0.15) is 0 Å². The number of hydrogen-bond acceptors (Lipinski definition) is 2. The highest BCUT2D eigenvalue weighted by Crippen LogP contribution is 2.30. The minimum absolute atomic E-state index is 0.0546. The SMILES string of the molecule is O=C(c1cccc(C(F)(F)F)c1)N1CCN(Cc2ccc(Cl)cc2Cl)CC1. The summed E-state index contributed by atoms with van der Waals surface area (Å²) in [5.74, 6) is -0.384. The van der Waals surface area contributed by atoms with E-state index in [-0.39, 0.29) is 11.5 Å². The molecular weight excluding hydrogens is 400 g/mol. The maximum Gasteiger partial charge on any atom is 0.416 e. The van der Waals surface area contributed by atoms with Gasteiger partial charge in [-0.25, -0.2) is 0 Å². The summed E-state index contributed by atoms with van der Waals surface area (Å²) in [6.07, 6.45) is -4.47. The van der Waals surface area contributed by atoms with Gasteiger partial charge in [-0.1, -0.05) is 35.3 Å². The minimum atomic E-state index is -4.47. The van der Waals surface area contributed by atoms with Gasteiger partial charge in [0.25, 0.3) is 5.91 Å². The van der Waals surface area contributed by atoms with E-state index in [1.807, 2.05) is 6.07 Å². The Kier molecular flexibility index (Phi) is 5.99. The molecule has 1 aliphatic heterocycles. The molecule has 3 rings (SSSR count). The number of amides is 1. The molecule has 1 aliphatic rings. The smallest absolute Gasteiger partial charge is 0.336 e. The van der Waals surface area contributed by atoms with Gasteiger partial charge in [0.05, 0.1) is 5.56 Å². The van der Waals surface area contributed by atoms with E-state index in [4.69, 9.17) is 23.2 Å². The highest BCUT2D eigenvalue weighted by Gasteiger charge is 2.31. The maximum atomic E-state index is 12.8. The zero-order valence-electron chi connectivity index (χ0n) is 14.3. The topological polar surface area (TPSA) is 23.6 Å². The number of carbonyl (C=O) groups excluding carboxylic acids is 1. The monoisotopic (exact) mass is 416 g/mol. The van der Waals surface area contributed by atoms with Crippen molar-refractivity contribution in [2.24, 2.45) is 0 Å². The lowest BCUT2D eigenvalue weighted by Gasteiger charge is -2.35. The number of alkyl halides is 3. The van der Waals surface area contributed by atoms with E-state index in [0.717, 1.165) is 17.7 Å². The largest absolute Gasteiger partial charge is 0.416 e. The van der Waals surface area contributed by atoms with E-state index in [1.54, 1.807) is 17.0 Å². The molecule has 3 nitrogen and oxygen atoms in total. The third kappa shape index (κ3) is 4.94. The van der Waals surface area contributed by atoms with Crippen LogP contribution in [0.4, 0.5) is 13.2 Å². The number of carbonyl (C=O) groups is 1. The molecule has 0 saturated carbocycles. The van der Waals surface area contributed by atoms with Crippen molar-refractivity contribution in [2.75, 3.05) is 26.2 Å². The second kappa shape index (κ2) is 8.09. The van der Waals surface area contributed by atoms with Crippen molar-refractivity contribution in [2.45, 2.75) is 12.7 Å². The van der Waals surface area contributed by atoms with Crippen LogP contribution in [0.5, 0.6) is 0 Å². The van der Waals surface area contributed by atoms with Gasteiger partial charge in [-0.05, 0) is 35.9 Å². The molecule has 1 fully saturated rings. The zero-order valence-corrected chi connectivity index (χ0v) is 15.8. The quantitative estimate of drug-likeness (QED) is 0.704. The Morgan fingerprint density at radius 1 is 1.00 bits per heavy atom. The Morgan fingerprint density at radius 2 is 1.70 bits per heavy atom. The van der Waals surface area contributed by atoms with Gasteiger partial charge in [-0.15, -0.1) is 0 Å². The molecule has 2 aromatic carbocycles. The molecule has 144 valence electrons. The van der Waals surface area contributed by atoms with Gasteiger partial charge >= 0.3 is 6.18 Å². The van der Waals surface area contributed by atoms with Crippen molar-refractivity contribution in [1.82, 2.24) is 9.80 Å². The van der Waals surface area contributed by atoms with Crippen LogP contribution >= 0.6 is 23.2 Å². The molecule has 1 saturated heterocycles. The molecule has 0 radical (unpaired) electrons. The van der Waals surface area contributed by atoms with E-state index >= 15 is 0 Å². The fourth-order valence-corrected chi connectivity index (χ4v) is 3.48. The van der Waals surface area contributed by atoms with Gasteiger partial charge in [-0.3, -0.25) is 9.69 Å². The van der Waals surface area contributed by atoms with E-state index in [2.05, 4.69) is 4.90 Å². The van der Waals surface area contributed by atoms with Gasteiger partial charge in [0.15, 0.2) is 0 Å². The van der Waals surface area contributed by atoms with Gasteiger partial charge < -0.3 is 4.90 Å². The Labute approximate surface area is 165 Å². The second-order valence-corrected chi connectivity index (χ2v) is 7.23. The molecular formula is C19H17Cl2F3N2O. The summed E-state index contributed by atoms with van der Waals surface area (Å²) in [6, 6.07) is 9.87. The third-order valence-electron chi connectivity index (χ3n) is 4.51. The van der Waals surface area contributed by atoms with Crippen molar-refractivity contribution < 1.29 is 18.0 Å². The van der Waals surface area contributed by atoms with Gasteiger partial charge in [0.2, 0.25) is 0 Å². The molecule has 8 heteroatoms. The van der Waals surface area contributed by atoms with Crippen LogP contribution in [-0.2, 0) is 12.7 Å². The number of halogens is 5. The average Bonchev–Trinajstić information content (AvgIpc) is 2.63. The molecule has 0 bridgehead atoms. The average molecular weight is 417 g/mol. The fourth-order valence-electron chi connectivity index (χ4n) is 3.01. The fraction of sp³-hybridized carbons (Fsp3) is 0.316. The standard InChI is InChI=1S/C19H17Cl2F3N2O/c20-16-5-4-14(17(21)11-16)12-25-6-8-26(9-7-25)18(27)13-2-1-3-15(10-13)19(22,23)24/h1-5,10-11H,6-9,12H2. The normalized spacial score (nSPS) is 15.8. The second-order valence-electron chi connectivity index (χ2n) is 6.38.